The number of nitrogens with zero attached hydrogens (tertiary/aromatic N) is 3. The molecule has 1 aliphatic carbocycles. The summed E-state index contributed by atoms with van der Waals surface area (Å²) in [7, 11) is 0. The Morgan fingerprint density at radius 1 is 1.26 bits per heavy atom. The highest BCUT2D eigenvalue weighted by atomic mass is 32.2. The first-order chi connectivity index (χ1) is 9.34. The molecular formula is C13H12N4OS. The zero-order valence-corrected chi connectivity index (χ0v) is 10.9. The van der Waals surface area contributed by atoms with Gasteiger partial charge in [0.15, 0.2) is 0 Å². The number of fused-ring (bicyclic) bond motifs is 1. The largest absolute Gasteiger partial charge is 0.592 e. The van der Waals surface area contributed by atoms with Gasteiger partial charge in [-0.05, 0) is 18.1 Å². The second-order valence-electron chi connectivity index (χ2n) is 4.10. The van der Waals surface area contributed by atoms with Gasteiger partial charge in [0.2, 0.25) is 0 Å². The number of hydrogen-bond donors (Lipinski definition) is 1. The Bertz CT molecular complexity index is 590. The van der Waals surface area contributed by atoms with Crippen LogP contribution in [0.3, 0.4) is 0 Å². The molecule has 0 spiro atoms. The Hall–Kier alpha value is -1.76. The molecule has 1 N–H and O–H groups in total. The maximum absolute atomic E-state index is 12.2. The number of pyridine rings is 1. The highest BCUT2D eigenvalue weighted by Crippen LogP contribution is 2.26. The van der Waals surface area contributed by atoms with Crippen LogP contribution in [0.5, 0.6) is 0 Å². The minimum absolute atomic E-state index is 0.0657. The Morgan fingerprint density at radius 2 is 2.21 bits per heavy atom. The predicted molar refractivity (Wildman–Crippen MR) is 72.2 cm³/mol. The minimum atomic E-state index is -1.39. The van der Waals surface area contributed by atoms with Crippen molar-refractivity contribution < 1.29 is 4.55 Å². The lowest BCUT2D eigenvalue weighted by atomic mass is 9.99. The standard InChI is InChI=1S/C13H12N4OS/c18-19(12-9-14-7-8-15-12)17-11-5-1-3-10-4-2-6-16-13(10)11/h1-4,6-9,11,17H,5H2. The maximum atomic E-state index is 12.2. The van der Waals surface area contributed by atoms with Crippen molar-refractivity contribution in [2.75, 3.05) is 0 Å². The molecule has 0 radical (unpaired) electrons. The molecule has 2 heterocycles. The molecule has 5 nitrogen and oxygen atoms in total. The smallest absolute Gasteiger partial charge is 0.284 e. The summed E-state index contributed by atoms with van der Waals surface area (Å²) in [5.41, 5.74) is 1.98. The van der Waals surface area contributed by atoms with Crippen LogP contribution in [0.25, 0.3) is 6.08 Å². The van der Waals surface area contributed by atoms with Crippen LogP contribution in [0.2, 0.25) is 0 Å². The van der Waals surface area contributed by atoms with Gasteiger partial charge in [0.05, 0.1) is 17.9 Å². The van der Waals surface area contributed by atoms with Gasteiger partial charge in [-0.3, -0.25) is 9.97 Å². The molecule has 0 saturated carbocycles. The summed E-state index contributed by atoms with van der Waals surface area (Å²) in [5.74, 6) is 0. The van der Waals surface area contributed by atoms with Gasteiger partial charge >= 0.3 is 0 Å². The van der Waals surface area contributed by atoms with Crippen LogP contribution in [-0.4, -0.2) is 19.5 Å². The Labute approximate surface area is 114 Å². The van der Waals surface area contributed by atoms with E-state index in [0.717, 1.165) is 17.7 Å². The molecule has 2 unspecified atom stereocenters. The van der Waals surface area contributed by atoms with Crippen LogP contribution in [0.1, 0.15) is 23.7 Å². The predicted octanol–water partition coefficient (Wildman–Crippen LogP) is 1.64. The number of nitrogens with one attached hydrogen (secondary N) is 1. The van der Waals surface area contributed by atoms with Crippen LogP contribution in [0, 0.1) is 0 Å². The third kappa shape index (κ3) is 2.65. The van der Waals surface area contributed by atoms with Gasteiger partial charge in [-0.15, -0.1) is 4.72 Å². The summed E-state index contributed by atoms with van der Waals surface area (Å²) >= 11 is -1.39. The van der Waals surface area contributed by atoms with Crippen LogP contribution in [-0.2, 0) is 11.4 Å². The molecule has 0 aromatic carbocycles. The molecule has 2 aromatic heterocycles. The fourth-order valence-corrected chi connectivity index (χ4v) is 2.88. The van der Waals surface area contributed by atoms with Gasteiger partial charge in [0.1, 0.15) is 17.6 Å². The van der Waals surface area contributed by atoms with Crippen molar-refractivity contribution in [1.82, 2.24) is 19.7 Å². The summed E-state index contributed by atoms with van der Waals surface area (Å²) in [6.45, 7) is 0. The summed E-state index contributed by atoms with van der Waals surface area (Å²) < 4.78 is 15.2. The topological polar surface area (TPSA) is 73.8 Å². The molecule has 6 heteroatoms. The Kier molecular flexibility index (Phi) is 3.54. The quantitative estimate of drug-likeness (QED) is 0.860. The second kappa shape index (κ2) is 5.48. The fraction of sp³-hybridized carbons (Fsp3) is 0.154. The molecule has 0 amide bonds. The third-order valence-corrected chi connectivity index (χ3v) is 3.94. The van der Waals surface area contributed by atoms with E-state index in [9.17, 15) is 4.55 Å². The lowest BCUT2D eigenvalue weighted by molar-refractivity contribution is 0.547. The van der Waals surface area contributed by atoms with E-state index in [1.807, 2.05) is 18.2 Å². The lowest BCUT2D eigenvalue weighted by Crippen LogP contribution is -2.31. The summed E-state index contributed by atoms with van der Waals surface area (Å²) in [5, 5.41) is 0.425. The van der Waals surface area contributed by atoms with Gasteiger partial charge in [-0.25, -0.2) is 4.98 Å². The molecule has 96 valence electrons. The van der Waals surface area contributed by atoms with E-state index < -0.39 is 11.4 Å². The minimum Gasteiger partial charge on any atom is -0.592 e. The van der Waals surface area contributed by atoms with Gasteiger partial charge < -0.3 is 4.55 Å². The van der Waals surface area contributed by atoms with Crippen molar-refractivity contribution >= 4 is 17.4 Å². The van der Waals surface area contributed by atoms with Gasteiger partial charge in [0, 0.05) is 12.4 Å². The molecule has 1 aliphatic rings. The van der Waals surface area contributed by atoms with E-state index in [1.54, 1.807) is 12.4 Å². The van der Waals surface area contributed by atoms with E-state index in [4.69, 9.17) is 0 Å². The molecule has 0 saturated heterocycles. The van der Waals surface area contributed by atoms with E-state index in [-0.39, 0.29) is 6.04 Å². The third-order valence-electron chi connectivity index (χ3n) is 2.85. The lowest BCUT2D eigenvalue weighted by Gasteiger charge is -2.21. The highest BCUT2D eigenvalue weighted by Gasteiger charge is 2.24. The molecule has 0 fully saturated rings. The van der Waals surface area contributed by atoms with Crippen LogP contribution >= 0.6 is 0 Å². The average Bonchev–Trinajstić information content (AvgIpc) is 2.48. The van der Waals surface area contributed by atoms with Crippen molar-refractivity contribution in [1.29, 1.82) is 0 Å². The molecule has 3 rings (SSSR count). The SMILES string of the molecule is [O-][S+](NC1CC=Cc2cccnc21)c1cnccn1. The Balaban J connectivity index is 1.80. The van der Waals surface area contributed by atoms with Gasteiger partial charge in [-0.1, -0.05) is 18.2 Å². The molecular weight excluding hydrogens is 260 g/mol. The van der Waals surface area contributed by atoms with Crippen molar-refractivity contribution in [3.63, 3.8) is 0 Å². The number of rotatable bonds is 3. The van der Waals surface area contributed by atoms with Crippen molar-refractivity contribution in [2.45, 2.75) is 17.5 Å². The summed E-state index contributed by atoms with van der Waals surface area (Å²) in [6, 6.07) is 3.83. The second-order valence-corrected chi connectivity index (χ2v) is 5.29. The number of hydrogen-bond acceptors (Lipinski definition) is 5. The Morgan fingerprint density at radius 3 is 3.05 bits per heavy atom. The van der Waals surface area contributed by atoms with E-state index >= 15 is 0 Å². The van der Waals surface area contributed by atoms with E-state index in [2.05, 4.69) is 25.8 Å². The normalized spacial score (nSPS) is 18.9. The van der Waals surface area contributed by atoms with Crippen molar-refractivity contribution in [2.24, 2.45) is 0 Å². The molecule has 19 heavy (non-hydrogen) atoms. The maximum Gasteiger partial charge on any atom is 0.284 e. The van der Waals surface area contributed by atoms with Crippen molar-refractivity contribution in [3.05, 3.63) is 54.3 Å². The summed E-state index contributed by atoms with van der Waals surface area (Å²) in [4.78, 5) is 12.3. The summed E-state index contributed by atoms with van der Waals surface area (Å²) in [6.07, 6.45) is 11.2. The van der Waals surface area contributed by atoms with Crippen LogP contribution in [0.15, 0.2) is 48.0 Å². The molecule has 2 atom stereocenters. The zero-order chi connectivity index (χ0) is 13.1. The monoisotopic (exact) mass is 272 g/mol. The molecule has 0 bridgehead atoms. The first-order valence-electron chi connectivity index (χ1n) is 5.90. The van der Waals surface area contributed by atoms with E-state index in [0.29, 0.717) is 5.03 Å². The van der Waals surface area contributed by atoms with Crippen LogP contribution < -0.4 is 4.72 Å². The highest BCUT2D eigenvalue weighted by molar-refractivity contribution is 7.89. The van der Waals surface area contributed by atoms with Crippen LogP contribution in [0.4, 0.5) is 0 Å². The molecule has 0 aliphatic heterocycles. The van der Waals surface area contributed by atoms with Gasteiger partial charge in [-0.2, -0.15) is 0 Å². The number of aromatic nitrogens is 3. The zero-order valence-electron chi connectivity index (χ0n) is 10.1. The first kappa shape index (κ1) is 12.3. The fourth-order valence-electron chi connectivity index (χ4n) is 1.98. The van der Waals surface area contributed by atoms with Crippen molar-refractivity contribution in [3.8, 4) is 0 Å². The first-order valence-corrected chi connectivity index (χ1v) is 7.05. The average molecular weight is 272 g/mol. The van der Waals surface area contributed by atoms with E-state index in [1.165, 1.54) is 12.4 Å². The molecule has 2 aromatic rings. The van der Waals surface area contributed by atoms with Gasteiger partial charge in [0.25, 0.3) is 5.03 Å².